The fourth-order valence-electron chi connectivity index (χ4n) is 2.81. The lowest BCUT2D eigenvalue weighted by atomic mass is 10.1. The Balaban J connectivity index is 1.65. The van der Waals surface area contributed by atoms with Gasteiger partial charge in [-0.15, -0.1) is 10.2 Å². The van der Waals surface area contributed by atoms with Gasteiger partial charge in [-0.05, 0) is 19.1 Å². The molecule has 2 heterocycles. The molecule has 1 atom stereocenters. The molecule has 0 spiro atoms. The molecule has 0 unspecified atom stereocenters. The number of amides is 1. The van der Waals surface area contributed by atoms with Gasteiger partial charge < -0.3 is 10.2 Å². The minimum absolute atomic E-state index is 0.191. The predicted molar refractivity (Wildman–Crippen MR) is 83.7 cm³/mol. The summed E-state index contributed by atoms with van der Waals surface area (Å²) in [5.41, 5.74) is 1.02. The lowest BCUT2D eigenvalue weighted by Crippen LogP contribution is -2.52. The molecule has 116 valence electrons. The van der Waals surface area contributed by atoms with Crippen LogP contribution < -0.4 is 5.32 Å². The second kappa shape index (κ2) is 6.70. The van der Waals surface area contributed by atoms with E-state index in [1.165, 1.54) is 0 Å². The smallest absolute Gasteiger partial charge is 0.223 e. The summed E-state index contributed by atoms with van der Waals surface area (Å²) in [5, 5.41) is 11.4. The lowest BCUT2D eigenvalue weighted by Gasteiger charge is -2.34. The van der Waals surface area contributed by atoms with Crippen molar-refractivity contribution in [1.82, 2.24) is 25.0 Å². The molecule has 1 aromatic carbocycles. The summed E-state index contributed by atoms with van der Waals surface area (Å²) in [6.07, 6.45) is 2.77. The first-order valence-electron chi connectivity index (χ1n) is 7.70. The van der Waals surface area contributed by atoms with Gasteiger partial charge in [-0.3, -0.25) is 9.36 Å². The highest BCUT2D eigenvalue weighted by Gasteiger charge is 2.23. The molecule has 1 N–H and O–H groups in total. The summed E-state index contributed by atoms with van der Waals surface area (Å²) in [6, 6.07) is 10.2. The summed E-state index contributed by atoms with van der Waals surface area (Å²) in [5.74, 6) is 1.01. The Hall–Kier alpha value is -2.21. The van der Waals surface area contributed by atoms with Crippen molar-refractivity contribution in [2.75, 3.05) is 19.6 Å². The molecule has 0 radical (unpaired) electrons. The number of rotatable bonds is 4. The first kappa shape index (κ1) is 14.7. The maximum Gasteiger partial charge on any atom is 0.223 e. The van der Waals surface area contributed by atoms with Crippen molar-refractivity contribution in [2.24, 2.45) is 0 Å². The van der Waals surface area contributed by atoms with Gasteiger partial charge in [0.15, 0.2) is 0 Å². The summed E-state index contributed by atoms with van der Waals surface area (Å²) in [4.78, 5) is 14.4. The maximum absolute atomic E-state index is 12.4. The Morgan fingerprint density at radius 3 is 2.95 bits per heavy atom. The van der Waals surface area contributed by atoms with Crippen molar-refractivity contribution in [3.63, 3.8) is 0 Å². The Labute approximate surface area is 130 Å². The average molecular weight is 299 g/mol. The number of para-hydroxylation sites is 1. The fourth-order valence-corrected chi connectivity index (χ4v) is 2.81. The third-order valence-electron chi connectivity index (χ3n) is 4.04. The zero-order valence-corrected chi connectivity index (χ0v) is 12.8. The summed E-state index contributed by atoms with van der Waals surface area (Å²) < 4.78 is 1.94. The van der Waals surface area contributed by atoms with Crippen LogP contribution in [-0.2, 0) is 11.2 Å². The average Bonchev–Trinajstić information content (AvgIpc) is 3.02. The van der Waals surface area contributed by atoms with Crippen LogP contribution in [0.4, 0.5) is 0 Å². The number of carbonyl (C=O) groups is 1. The molecule has 22 heavy (non-hydrogen) atoms. The van der Waals surface area contributed by atoms with Gasteiger partial charge in [0.25, 0.3) is 0 Å². The minimum Gasteiger partial charge on any atom is -0.337 e. The molecule has 0 aliphatic carbocycles. The number of hydrogen-bond donors (Lipinski definition) is 1. The van der Waals surface area contributed by atoms with E-state index in [1.807, 2.05) is 39.8 Å². The van der Waals surface area contributed by atoms with Crippen LogP contribution >= 0.6 is 0 Å². The zero-order valence-electron chi connectivity index (χ0n) is 12.8. The van der Waals surface area contributed by atoms with E-state index in [-0.39, 0.29) is 11.9 Å². The van der Waals surface area contributed by atoms with Crippen molar-refractivity contribution in [3.05, 3.63) is 42.5 Å². The SMILES string of the molecule is C[C@H]1CNCCN1C(=O)CCc1nncn1-c1ccccc1. The molecule has 1 aliphatic heterocycles. The van der Waals surface area contributed by atoms with Crippen molar-refractivity contribution in [2.45, 2.75) is 25.8 Å². The third-order valence-corrected chi connectivity index (χ3v) is 4.04. The fraction of sp³-hybridized carbons (Fsp3) is 0.438. The van der Waals surface area contributed by atoms with E-state index < -0.39 is 0 Å². The topological polar surface area (TPSA) is 63.1 Å². The molecule has 6 heteroatoms. The first-order chi connectivity index (χ1) is 10.8. The van der Waals surface area contributed by atoms with E-state index >= 15 is 0 Å². The second-order valence-electron chi connectivity index (χ2n) is 5.59. The van der Waals surface area contributed by atoms with Gasteiger partial charge in [-0.25, -0.2) is 0 Å². The summed E-state index contributed by atoms with van der Waals surface area (Å²) in [7, 11) is 0. The number of hydrogen-bond acceptors (Lipinski definition) is 4. The highest BCUT2D eigenvalue weighted by molar-refractivity contribution is 5.76. The van der Waals surface area contributed by atoms with Gasteiger partial charge in [-0.2, -0.15) is 0 Å². The van der Waals surface area contributed by atoms with Gasteiger partial charge in [0.2, 0.25) is 5.91 Å². The molecule has 0 saturated carbocycles. The number of piperazine rings is 1. The Kier molecular flexibility index (Phi) is 4.48. The highest BCUT2D eigenvalue weighted by Crippen LogP contribution is 2.12. The van der Waals surface area contributed by atoms with Crippen molar-refractivity contribution >= 4 is 5.91 Å². The van der Waals surface area contributed by atoms with Crippen LogP contribution in [-0.4, -0.2) is 51.2 Å². The van der Waals surface area contributed by atoms with Crippen LogP contribution in [0, 0.1) is 0 Å². The van der Waals surface area contributed by atoms with Crippen LogP contribution in [0.25, 0.3) is 5.69 Å². The molecule has 1 saturated heterocycles. The zero-order chi connectivity index (χ0) is 15.4. The normalized spacial score (nSPS) is 18.4. The molecule has 1 aromatic heterocycles. The van der Waals surface area contributed by atoms with Crippen LogP contribution in [0.2, 0.25) is 0 Å². The number of nitrogens with one attached hydrogen (secondary N) is 1. The van der Waals surface area contributed by atoms with Crippen molar-refractivity contribution in [3.8, 4) is 5.69 Å². The molecular formula is C16H21N5O. The monoisotopic (exact) mass is 299 g/mol. The molecule has 0 bridgehead atoms. The quantitative estimate of drug-likeness (QED) is 0.915. The number of nitrogens with zero attached hydrogens (tertiary/aromatic N) is 4. The Bertz CT molecular complexity index is 624. The van der Waals surface area contributed by atoms with Gasteiger partial charge in [0, 0.05) is 44.2 Å². The van der Waals surface area contributed by atoms with Gasteiger partial charge in [0.1, 0.15) is 12.2 Å². The minimum atomic E-state index is 0.191. The number of carbonyl (C=O) groups excluding carboxylic acids is 1. The standard InChI is InChI=1S/C16H21N5O/c1-13-11-17-9-10-20(13)16(22)8-7-15-19-18-12-21(15)14-5-3-2-4-6-14/h2-6,12-13,17H,7-11H2,1H3/t13-/m0/s1. The summed E-state index contributed by atoms with van der Waals surface area (Å²) >= 11 is 0. The van der Waals surface area contributed by atoms with E-state index in [0.717, 1.165) is 31.1 Å². The Morgan fingerprint density at radius 2 is 2.18 bits per heavy atom. The summed E-state index contributed by atoms with van der Waals surface area (Å²) in [6.45, 7) is 4.60. The van der Waals surface area contributed by atoms with Crippen molar-refractivity contribution in [1.29, 1.82) is 0 Å². The highest BCUT2D eigenvalue weighted by atomic mass is 16.2. The lowest BCUT2D eigenvalue weighted by molar-refractivity contribution is -0.133. The maximum atomic E-state index is 12.4. The largest absolute Gasteiger partial charge is 0.337 e. The predicted octanol–water partition coefficient (Wildman–Crippen LogP) is 1.02. The van der Waals surface area contributed by atoms with Crippen LogP contribution in [0.15, 0.2) is 36.7 Å². The van der Waals surface area contributed by atoms with Crippen LogP contribution in [0.1, 0.15) is 19.2 Å². The van der Waals surface area contributed by atoms with Gasteiger partial charge in [0.05, 0.1) is 0 Å². The molecule has 6 nitrogen and oxygen atoms in total. The molecular weight excluding hydrogens is 278 g/mol. The van der Waals surface area contributed by atoms with Gasteiger partial charge >= 0.3 is 0 Å². The van der Waals surface area contributed by atoms with Crippen molar-refractivity contribution < 1.29 is 4.79 Å². The van der Waals surface area contributed by atoms with E-state index in [9.17, 15) is 4.79 Å². The number of benzene rings is 1. The van der Waals surface area contributed by atoms with E-state index in [4.69, 9.17) is 0 Å². The van der Waals surface area contributed by atoms with E-state index in [1.54, 1.807) is 6.33 Å². The van der Waals surface area contributed by atoms with Crippen LogP contribution in [0.5, 0.6) is 0 Å². The second-order valence-corrected chi connectivity index (χ2v) is 5.59. The van der Waals surface area contributed by atoms with Crippen LogP contribution in [0.3, 0.4) is 0 Å². The molecule has 1 amide bonds. The van der Waals surface area contributed by atoms with E-state index in [0.29, 0.717) is 12.8 Å². The molecule has 1 fully saturated rings. The number of aryl methyl sites for hydroxylation is 1. The molecule has 2 aromatic rings. The molecule has 3 rings (SSSR count). The molecule has 1 aliphatic rings. The number of aromatic nitrogens is 3. The Morgan fingerprint density at radius 1 is 1.36 bits per heavy atom. The van der Waals surface area contributed by atoms with E-state index in [2.05, 4.69) is 22.4 Å². The van der Waals surface area contributed by atoms with Gasteiger partial charge in [-0.1, -0.05) is 18.2 Å². The first-order valence-corrected chi connectivity index (χ1v) is 7.70. The third kappa shape index (κ3) is 3.17.